The second kappa shape index (κ2) is 1.47. The molecule has 1 spiro atoms. The van der Waals surface area contributed by atoms with Gasteiger partial charge in [0.05, 0.1) is 6.54 Å². The molecule has 0 unspecified atom stereocenters. The summed E-state index contributed by atoms with van der Waals surface area (Å²) in [6, 6.07) is 0. The first-order valence-electron chi connectivity index (χ1n) is 3.72. The van der Waals surface area contributed by atoms with Crippen LogP contribution in [-0.2, 0) is 0 Å². The average molecular weight is 148 g/mol. The maximum atomic E-state index is 4.22. The zero-order chi connectivity index (χ0) is 7.31. The SMILES string of the molecule is C1=C[C@@]23CNC(=CN2C1)N=N3. The molecule has 2 bridgehead atoms. The molecule has 4 aliphatic heterocycles. The monoisotopic (exact) mass is 148 g/mol. The molecule has 4 rings (SSSR count). The number of rotatable bonds is 0. The zero-order valence-electron chi connectivity index (χ0n) is 5.99. The third-order valence-corrected chi connectivity index (χ3v) is 2.32. The molecule has 0 saturated heterocycles. The van der Waals surface area contributed by atoms with Crippen molar-refractivity contribution in [3.63, 3.8) is 0 Å². The fourth-order valence-corrected chi connectivity index (χ4v) is 1.68. The number of hydrogen-bond donors (Lipinski definition) is 1. The minimum atomic E-state index is -0.179. The first kappa shape index (κ1) is 5.35. The molecule has 11 heavy (non-hydrogen) atoms. The smallest absolute Gasteiger partial charge is 0.189 e. The van der Waals surface area contributed by atoms with E-state index in [-0.39, 0.29) is 5.66 Å². The summed E-state index contributed by atoms with van der Waals surface area (Å²) in [7, 11) is 0. The number of azo groups is 1. The molecule has 0 fully saturated rings. The van der Waals surface area contributed by atoms with Crippen LogP contribution in [0.4, 0.5) is 0 Å². The lowest BCUT2D eigenvalue weighted by Gasteiger charge is -2.39. The Kier molecular flexibility index (Phi) is 0.713. The van der Waals surface area contributed by atoms with Crippen LogP contribution >= 0.6 is 0 Å². The summed E-state index contributed by atoms with van der Waals surface area (Å²) in [5.74, 6) is 0.885. The van der Waals surface area contributed by atoms with E-state index in [1.165, 1.54) is 0 Å². The van der Waals surface area contributed by atoms with Crippen molar-refractivity contribution in [2.45, 2.75) is 5.66 Å². The van der Waals surface area contributed by atoms with Gasteiger partial charge in [0.25, 0.3) is 0 Å². The van der Waals surface area contributed by atoms with Gasteiger partial charge in [-0.1, -0.05) is 6.08 Å². The molecule has 0 aromatic carbocycles. The van der Waals surface area contributed by atoms with Crippen LogP contribution in [0.1, 0.15) is 0 Å². The van der Waals surface area contributed by atoms with Gasteiger partial charge in [-0.05, 0) is 6.08 Å². The van der Waals surface area contributed by atoms with Crippen LogP contribution in [0.2, 0.25) is 0 Å². The molecule has 0 aromatic rings. The molecular weight excluding hydrogens is 140 g/mol. The van der Waals surface area contributed by atoms with E-state index in [1.807, 2.05) is 6.20 Å². The molecule has 4 heteroatoms. The van der Waals surface area contributed by atoms with Gasteiger partial charge in [0, 0.05) is 12.7 Å². The van der Waals surface area contributed by atoms with Crippen LogP contribution in [-0.4, -0.2) is 23.7 Å². The van der Waals surface area contributed by atoms with Gasteiger partial charge in [-0.25, -0.2) is 0 Å². The highest BCUT2D eigenvalue weighted by Crippen LogP contribution is 2.32. The predicted octanol–water partition coefficient (Wildman–Crippen LogP) is 0.422. The van der Waals surface area contributed by atoms with Crippen molar-refractivity contribution in [3.8, 4) is 0 Å². The number of nitrogens with one attached hydrogen (secondary N) is 1. The molecular formula is C7H8N4. The van der Waals surface area contributed by atoms with Crippen LogP contribution < -0.4 is 5.32 Å². The fraction of sp³-hybridized carbons (Fsp3) is 0.429. The largest absolute Gasteiger partial charge is 0.363 e. The summed E-state index contributed by atoms with van der Waals surface area (Å²) in [5, 5.41) is 11.4. The minimum Gasteiger partial charge on any atom is -0.363 e. The van der Waals surface area contributed by atoms with E-state index in [0.717, 1.165) is 18.9 Å². The van der Waals surface area contributed by atoms with Crippen LogP contribution in [0.3, 0.4) is 0 Å². The standard InChI is InChI=1S/C7H8N4/c1-2-7-5-8-6(9-10-7)4-11(7)3-1/h1-2,4,8H,3,5H2/t7-/m0/s1. The highest BCUT2D eigenvalue weighted by atomic mass is 15.5. The number of nitrogens with zero attached hydrogens (tertiary/aromatic N) is 3. The highest BCUT2D eigenvalue weighted by Gasteiger charge is 2.41. The average Bonchev–Trinajstić information content (AvgIpc) is 2.47. The molecule has 4 nitrogen and oxygen atoms in total. The molecule has 0 aliphatic carbocycles. The Balaban J connectivity index is 2.18. The van der Waals surface area contributed by atoms with Gasteiger partial charge in [0.1, 0.15) is 0 Å². The third-order valence-electron chi connectivity index (χ3n) is 2.32. The second-order valence-electron chi connectivity index (χ2n) is 3.00. The van der Waals surface area contributed by atoms with Crippen LogP contribution in [0, 0.1) is 0 Å². The Morgan fingerprint density at radius 3 is 3.36 bits per heavy atom. The van der Waals surface area contributed by atoms with Crippen LogP contribution in [0.5, 0.6) is 0 Å². The van der Waals surface area contributed by atoms with Crippen molar-refractivity contribution in [1.29, 1.82) is 0 Å². The van der Waals surface area contributed by atoms with E-state index in [0.29, 0.717) is 0 Å². The molecule has 56 valence electrons. The zero-order valence-corrected chi connectivity index (χ0v) is 5.99. The molecule has 0 radical (unpaired) electrons. The Morgan fingerprint density at radius 2 is 2.64 bits per heavy atom. The van der Waals surface area contributed by atoms with Crippen molar-refractivity contribution in [1.82, 2.24) is 10.2 Å². The fourth-order valence-electron chi connectivity index (χ4n) is 1.68. The molecule has 4 heterocycles. The Morgan fingerprint density at radius 1 is 1.64 bits per heavy atom. The quantitative estimate of drug-likeness (QED) is 0.506. The van der Waals surface area contributed by atoms with E-state index >= 15 is 0 Å². The molecule has 1 N–H and O–H groups in total. The highest BCUT2D eigenvalue weighted by molar-refractivity contribution is 5.25. The summed E-state index contributed by atoms with van der Waals surface area (Å²) < 4.78 is 0. The summed E-state index contributed by atoms with van der Waals surface area (Å²) >= 11 is 0. The van der Waals surface area contributed by atoms with Crippen LogP contribution in [0.25, 0.3) is 0 Å². The Labute approximate surface area is 64.3 Å². The molecule has 0 amide bonds. The van der Waals surface area contributed by atoms with E-state index in [2.05, 4.69) is 32.6 Å². The van der Waals surface area contributed by atoms with E-state index < -0.39 is 0 Å². The first-order chi connectivity index (χ1) is 5.39. The van der Waals surface area contributed by atoms with Crippen molar-refractivity contribution < 1.29 is 0 Å². The predicted molar refractivity (Wildman–Crippen MR) is 39.5 cm³/mol. The van der Waals surface area contributed by atoms with Crippen molar-refractivity contribution in [2.24, 2.45) is 10.2 Å². The lowest BCUT2D eigenvalue weighted by molar-refractivity contribution is 0.192. The van der Waals surface area contributed by atoms with E-state index in [1.54, 1.807) is 0 Å². The number of hydrogen-bond acceptors (Lipinski definition) is 4. The Hall–Kier alpha value is -1.32. The van der Waals surface area contributed by atoms with Gasteiger partial charge < -0.3 is 10.2 Å². The van der Waals surface area contributed by atoms with Crippen molar-refractivity contribution in [3.05, 3.63) is 24.2 Å². The molecule has 0 saturated carbocycles. The normalized spacial score (nSPS) is 37.1. The van der Waals surface area contributed by atoms with Gasteiger partial charge in [0.2, 0.25) is 0 Å². The summed E-state index contributed by atoms with van der Waals surface area (Å²) in [5.41, 5.74) is -0.179. The summed E-state index contributed by atoms with van der Waals surface area (Å²) in [6.45, 7) is 1.82. The first-order valence-corrected chi connectivity index (χ1v) is 3.72. The number of fused-ring (bicyclic) bond motifs is 1. The summed E-state index contributed by atoms with van der Waals surface area (Å²) in [6.07, 6.45) is 6.26. The van der Waals surface area contributed by atoms with Crippen molar-refractivity contribution in [2.75, 3.05) is 13.1 Å². The molecule has 4 aliphatic rings. The third kappa shape index (κ3) is 0.506. The van der Waals surface area contributed by atoms with Gasteiger partial charge in [-0.3, -0.25) is 0 Å². The molecule has 0 aromatic heterocycles. The second-order valence-corrected chi connectivity index (χ2v) is 3.00. The van der Waals surface area contributed by atoms with Crippen LogP contribution in [0.15, 0.2) is 34.4 Å². The Bertz CT molecular complexity index is 291. The molecule has 1 atom stereocenters. The van der Waals surface area contributed by atoms with Gasteiger partial charge >= 0.3 is 0 Å². The van der Waals surface area contributed by atoms with Gasteiger partial charge in [0.15, 0.2) is 11.5 Å². The summed E-state index contributed by atoms with van der Waals surface area (Å²) in [4.78, 5) is 2.20. The van der Waals surface area contributed by atoms with Crippen molar-refractivity contribution >= 4 is 0 Å². The van der Waals surface area contributed by atoms with Gasteiger partial charge in [-0.2, -0.15) is 5.11 Å². The van der Waals surface area contributed by atoms with Gasteiger partial charge in [-0.15, -0.1) is 5.11 Å². The maximum absolute atomic E-state index is 4.22. The van der Waals surface area contributed by atoms with E-state index in [9.17, 15) is 0 Å². The van der Waals surface area contributed by atoms with E-state index in [4.69, 9.17) is 0 Å². The lowest BCUT2D eigenvalue weighted by atomic mass is 10.1. The maximum Gasteiger partial charge on any atom is 0.189 e. The minimum absolute atomic E-state index is 0.179. The lowest BCUT2D eigenvalue weighted by Crippen LogP contribution is -2.52. The topological polar surface area (TPSA) is 40.0 Å².